The standard InChI is InChI=1S/C10H17NOS/c1-3-9(7(2)12)10-5-4-8(6-11)13-10/h4-5,7,9,12H,3,6,11H2,1-2H3. The molecule has 74 valence electrons. The van der Waals surface area contributed by atoms with E-state index >= 15 is 0 Å². The largest absolute Gasteiger partial charge is 0.393 e. The van der Waals surface area contributed by atoms with E-state index in [0.717, 1.165) is 6.42 Å². The third-order valence-electron chi connectivity index (χ3n) is 2.27. The summed E-state index contributed by atoms with van der Waals surface area (Å²) < 4.78 is 0. The van der Waals surface area contributed by atoms with Crippen molar-refractivity contribution in [2.75, 3.05) is 0 Å². The Hall–Kier alpha value is -0.380. The molecule has 0 fully saturated rings. The Kier molecular flexibility index (Phi) is 3.90. The summed E-state index contributed by atoms with van der Waals surface area (Å²) in [5.41, 5.74) is 5.53. The minimum atomic E-state index is -0.269. The maximum absolute atomic E-state index is 9.52. The van der Waals surface area contributed by atoms with Crippen LogP contribution in [0.5, 0.6) is 0 Å². The molecule has 1 aromatic heterocycles. The Morgan fingerprint density at radius 3 is 2.62 bits per heavy atom. The molecule has 2 atom stereocenters. The van der Waals surface area contributed by atoms with Crippen molar-refractivity contribution >= 4 is 11.3 Å². The molecular weight excluding hydrogens is 182 g/mol. The van der Waals surface area contributed by atoms with Gasteiger partial charge in [-0.15, -0.1) is 11.3 Å². The summed E-state index contributed by atoms with van der Waals surface area (Å²) in [7, 11) is 0. The summed E-state index contributed by atoms with van der Waals surface area (Å²) in [5, 5.41) is 9.52. The summed E-state index contributed by atoms with van der Waals surface area (Å²) in [6.45, 7) is 4.54. The van der Waals surface area contributed by atoms with E-state index in [-0.39, 0.29) is 12.0 Å². The van der Waals surface area contributed by atoms with E-state index in [1.807, 2.05) is 13.0 Å². The molecule has 2 unspecified atom stereocenters. The van der Waals surface area contributed by atoms with Crippen molar-refractivity contribution in [2.24, 2.45) is 5.73 Å². The second kappa shape index (κ2) is 4.74. The topological polar surface area (TPSA) is 46.2 Å². The SMILES string of the molecule is CCC(c1ccc(CN)s1)C(C)O. The lowest BCUT2D eigenvalue weighted by atomic mass is 9.99. The number of aliphatic hydroxyl groups excluding tert-OH is 1. The van der Waals surface area contributed by atoms with Gasteiger partial charge in [-0.05, 0) is 25.5 Å². The zero-order valence-electron chi connectivity index (χ0n) is 8.16. The van der Waals surface area contributed by atoms with Crippen LogP contribution in [0, 0.1) is 0 Å². The van der Waals surface area contributed by atoms with Crippen LogP contribution in [-0.2, 0) is 6.54 Å². The third kappa shape index (κ3) is 2.53. The van der Waals surface area contributed by atoms with Crippen LogP contribution in [0.2, 0.25) is 0 Å². The van der Waals surface area contributed by atoms with E-state index < -0.39 is 0 Å². The van der Waals surface area contributed by atoms with Gasteiger partial charge in [0.1, 0.15) is 0 Å². The van der Waals surface area contributed by atoms with Crippen molar-refractivity contribution in [3.05, 3.63) is 21.9 Å². The molecule has 0 saturated carbocycles. The number of nitrogens with two attached hydrogens (primary N) is 1. The van der Waals surface area contributed by atoms with Crippen molar-refractivity contribution in [1.29, 1.82) is 0 Å². The summed E-state index contributed by atoms with van der Waals surface area (Å²) >= 11 is 1.71. The highest BCUT2D eigenvalue weighted by Crippen LogP contribution is 2.29. The molecule has 3 N–H and O–H groups in total. The molecule has 0 saturated heterocycles. The van der Waals surface area contributed by atoms with E-state index in [2.05, 4.69) is 13.0 Å². The summed E-state index contributed by atoms with van der Waals surface area (Å²) in [6.07, 6.45) is 0.705. The van der Waals surface area contributed by atoms with Crippen molar-refractivity contribution in [3.63, 3.8) is 0 Å². The second-order valence-corrected chi connectivity index (χ2v) is 4.46. The average Bonchev–Trinajstić information content (AvgIpc) is 2.53. The quantitative estimate of drug-likeness (QED) is 0.780. The molecule has 0 spiro atoms. The summed E-state index contributed by atoms with van der Waals surface area (Å²) in [6, 6.07) is 4.12. The molecule has 0 aliphatic rings. The van der Waals surface area contributed by atoms with Gasteiger partial charge in [0.2, 0.25) is 0 Å². The molecule has 1 rings (SSSR count). The zero-order chi connectivity index (χ0) is 9.84. The Balaban J connectivity index is 2.79. The smallest absolute Gasteiger partial charge is 0.0588 e. The molecule has 0 bridgehead atoms. The van der Waals surface area contributed by atoms with Crippen molar-refractivity contribution in [1.82, 2.24) is 0 Å². The predicted molar refractivity (Wildman–Crippen MR) is 56.9 cm³/mol. The van der Waals surface area contributed by atoms with E-state index in [4.69, 9.17) is 5.73 Å². The van der Waals surface area contributed by atoms with E-state index in [1.165, 1.54) is 9.75 Å². The van der Waals surface area contributed by atoms with Gasteiger partial charge in [0, 0.05) is 22.2 Å². The predicted octanol–water partition coefficient (Wildman–Crippen LogP) is 2.08. The lowest BCUT2D eigenvalue weighted by molar-refractivity contribution is 0.161. The fraction of sp³-hybridized carbons (Fsp3) is 0.600. The van der Waals surface area contributed by atoms with Crippen LogP contribution in [0.3, 0.4) is 0 Å². The first-order valence-corrected chi connectivity index (χ1v) is 5.47. The number of hydrogen-bond donors (Lipinski definition) is 2. The zero-order valence-corrected chi connectivity index (χ0v) is 8.97. The van der Waals surface area contributed by atoms with Crippen LogP contribution in [0.15, 0.2) is 12.1 Å². The Bertz CT molecular complexity index is 257. The van der Waals surface area contributed by atoms with Gasteiger partial charge in [-0.2, -0.15) is 0 Å². The first-order chi connectivity index (χ1) is 6.19. The van der Waals surface area contributed by atoms with Gasteiger partial charge in [-0.1, -0.05) is 6.92 Å². The number of aliphatic hydroxyl groups is 1. The fourth-order valence-electron chi connectivity index (χ4n) is 1.48. The Morgan fingerprint density at radius 1 is 1.54 bits per heavy atom. The Morgan fingerprint density at radius 2 is 2.23 bits per heavy atom. The van der Waals surface area contributed by atoms with Crippen LogP contribution in [0.4, 0.5) is 0 Å². The van der Waals surface area contributed by atoms with Gasteiger partial charge >= 0.3 is 0 Å². The second-order valence-electron chi connectivity index (χ2n) is 3.26. The highest BCUT2D eigenvalue weighted by atomic mass is 32.1. The minimum Gasteiger partial charge on any atom is -0.393 e. The fourth-order valence-corrected chi connectivity index (χ4v) is 2.66. The summed E-state index contributed by atoms with van der Waals surface area (Å²) in [5.74, 6) is 0.269. The van der Waals surface area contributed by atoms with Gasteiger partial charge in [0.25, 0.3) is 0 Å². The van der Waals surface area contributed by atoms with Crippen LogP contribution >= 0.6 is 11.3 Å². The minimum absolute atomic E-state index is 0.269. The average molecular weight is 199 g/mol. The number of rotatable bonds is 4. The maximum Gasteiger partial charge on any atom is 0.0588 e. The summed E-state index contributed by atoms with van der Waals surface area (Å²) in [4.78, 5) is 2.44. The number of thiophene rings is 1. The molecular formula is C10H17NOS. The van der Waals surface area contributed by atoms with E-state index in [9.17, 15) is 5.11 Å². The number of hydrogen-bond acceptors (Lipinski definition) is 3. The van der Waals surface area contributed by atoms with Crippen LogP contribution in [0.1, 0.15) is 35.9 Å². The molecule has 1 aromatic rings. The van der Waals surface area contributed by atoms with Gasteiger partial charge in [-0.3, -0.25) is 0 Å². The third-order valence-corrected chi connectivity index (χ3v) is 3.51. The van der Waals surface area contributed by atoms with Gasteiger partial charge in [0.15, 0.2) is 0 Å². The molecule has 0 aliphatic heterocycles. The lowest BCUT2D eigenvalue weighted by Crippen LogP contribution is -2.12. The first-order valence-electron chi connectivity index (χ1n) is 4.65. The van der Waals surface area contributed by atoms with E-state index in [1.54, 1.807) is 11.3 Å². The highest BCUT2D eigenvalue weighted by molar-refractivity contribution is 7.12. The van der Waals surface area contributed by atoms with Crippen molar-refractivity contribution < 1.29 is 5.11 Å². The monoisotopic (exact) mass is 199 g/mol. The molecule has 0 aromatic carbocycles. The molecule has 2 nitrogen and oxygen atoms in total. The van der Waals surface area contributed by atoms with Crippen LogP contribution < -0.4 is 5.73 Å². The molecule has 13 heavy (non-hydrogen) atoms. The molecule has 0 amide bonds. The van der Waals surface area contributed by atoms with Crippen LogP contribution in [-0.4, -0.2) is 11.2 Å². The van der Waals surface area contributed by atoms with Gasteiger partial charge in [0.05, 0.1) is 6.10 Å². The highest BCUT2D eigenvalue weighted by Gasteiger charge is 2.16. The maximum atomic E-state index is 9.52. The Labute approximate surface area is 83.4 Å². The van der Waals surface area contributed by atoms with Crippen LogP contribution in [0.25, 0.3) is 0 Å². The molecule has 0 radical (unpaired) electrons. The van der Waals surface area contributed by atoms with Crippen molar-refractivity contribution in [2.45, 2.75) is 38.8 Å². The van der Waals surface area contributed by atoms with Crippen molar-refractivity contribution in [3.8, 4) is 0 Å². The van der Waals surface area contributed by atoms with Gasteiger partial charge < -0.3 is 10.8 Å². The van der Waals surface area contributed by atoms with Gasteiger partial charge in [-0.25, -0.2) is 0 Å². The molecule has 0 aliphatic carbocycles. The first kappa shape index (κ1) is 10.7. The molecule has 1 heterocycles. The normalized spacial score (nSPS) is 15.7. The lowest BCUT2D eigenvalue weighted by Gasteiger charge is -2.15. The molecule has 3 heteroatoms. The van der Waals surface area contributed by atoms with E-state index in [0.29, 0.717) is 6.54 Å².